The Hall–Kier alpha value is -1.10. The lowest BCUT2D eigenvalue weighted by Crippen LogP contribution is -2.54. The average Bonchev–Trinajstić information content (AvgIpc) is 3.75. The second-order valence-corrected chi connectivity index (χ2v) is 17.4. The summed E-state index contributed by atoms with van der Waals surface area (Å²) in [7, 11) is 0. The lowest BCUT2D eigenvalue weighted by Gasteiger charge is -2.42. The molecule has 0 spiro atoms. The van der Waals surface area contributed by atoms with Gasteiger partial charge in [0.1, 0.15) is 18.3 Å². The summed E-state index contributed by atoms with van der Waals surface area (Å²) in [5.74, 6) is 1.39. The molecule has 8 fully saturated rings. The van der Waals surface area contributed by atoms with Crippen molar-refractivity contribution in [3.05, 3.63) is 37.0 Å². The van der Waals surface area contributed by atoms with Crippen molar-refractivity contribution < 1.29 is 38.3 Å². The maximum Gasteiger partial charge on any atom is 0.172 e. The van der Waals surface area contributed by atoms with Crippen LogP contribution in [0.25, 0.3) is 0 Å². The highest BCUT2D eigenvalue weighted by Gasteiger charge is 2.67. The zero-order valence-corrected chi connectivity index (χ0v) is 31.5. The van der Waals surface area contributed by atoms with Crippen molar-refractivity contribution in [1.29, 1.82) is 0 Å². The first-order valence-corrected chi connectivity index (χ1v) is 20.2. The fourth-order valence-electron chi connectivity index (χ4n) is 10.6. The highest BCUT2D eigenvalue weighted by atomic mass is 16.8. The second kappa shape index (κ2) is 15.3. The summed E-state index contributed by atoms with van der Waals surface area (Å²) in [4.78, 5) is 0. The fourth-order valence-corrected chi connectivity index (χ4v) is 10.6. The lowest BCUT2D eigenvalue weighted by atomic mass is 9.79. The monoisotopic (exact) mass is 698 g/mol. The third-order valence-electron chi connectivity index (χ3n) is 14.0. The second-order valence-electron chi connectivity index (χ2n) is 17.4. The number of hydrogen-bond acceptors (Lipinski definition) is 8. The van der Waals surface area contributed by atoms with E-state index in [9.17, 15) is 5.11 Å². The molecule has 8 aliphatic rings. The molecule has 50 heavy (non-hydrogen) atoms. The molecule has 282 valence electrons. The van der Waals surface area contributed by atoms with Gasteiger partial charge in [0.25, 0.3) is 0 Å². The molecule has 8 rings (SSSR count). The van der Waals surface area contributed by atoms with Gasteiger partial charge in [-0.15, -0.1) is 6.58 Å². The molecule has 8 heterocycles. The molecule has 1 N–H and O–H groups in total. The van der Waals surface area contributed by atoms with Crippen LogP contribution in [0.5, 0.6) is 0 Å². The van der Waals surface area contributed by atoms with Gasteiger partial charge in [-0.25, -0.2) is 0 Å². The van der Waals surface area contributed by atoms with Gasteiger partial charge in [0.15, 0.2) is 5.79 Å². The van der Waals surface area contributed by atoms with Gasteiger partial charge in [-0.2, -0.15) is 0 Å². The van der Waals surface area contributed by atoms with Crippen LogP contribution in [0, 0.1) is 29.6 Å². The Labute approximate surface area is 301 Å². The van der Waals surface area contributed by atoms with E-state index in [1.807, 2.05) is 6.08 Å². The highest BCUT2D eigenvalue weighted by Crippen LogP contribution is 2.54. The van der Waals surface area contributed by atoms with E-state index < -0.39 is 5.79 Å². The molecule has 18 atom stereocenters. The van der Waals surface area contributed by atoms with Crippen LogP contribution in [0.3, 0.4) is 0 Å². The summed E-state index contributed by atoms with van der Waals surface area (Å²) in [6.45, 7) is 24.5. The molecule has 0 amide bonds. The van der Waals surface area contributed by atoms with E-state index in [1.165, 1.54) is 11.1 Å². The minimum absolute atomic E-state index is 0.0197. The molecule has 8 aliphatic heterocycles. The Kier molecular flexibility index (Phi) is 11.4. The van der Waals surface area contributed by atoms with E-state index in [0.717, 1.165) is 77.0 Å². The molecule has 6 bridgehead atoms. The van der Waals surface area contributed by atoms with Gasteiger partial charge in [-0.1, -0.05) is 60.3 Å². The van der Waals surface area contributed by atoms with E-state index in [1.54, 1.807) is 0 Å². The van der Waals surface area contributed by atoms with E-state index >= 15 is 0 Å². The summed E-state index contributed by atoms with van der Waals surface area (Å²) < 4.78 is 46.8. The Morgan fingerprint density at radius 3 is 2.36 bits per heavy atom. The van der Waals surface area contributed by atoms with Crippen molar-refractivity contribution in [2.45, 2.75) is 191 Å². The molecule has 0 saturated carbocycles. The molecular weight excluding hydrogens is 632 g/mol. The zero-order chi connectivity index (χ0) is 35.3. The maximum absolute atomic E-state index is 9.90. The third-order valence-corrected chi connectivity index (χ3v) is 14.0. The Morgan fingerprint density at radius 2 is 1.60 bits per heavy atom. The average molecular weight is 699 g/mol. The number of rotatable bonds is 15. The summed E-state index contributed by atoms with van der Waals surface area (Å²) in [5.41, 5.74) is 2.38. The number of aliphatic hydroxyl groups excluding tert-OH is 1. The lowest BCUT2D eigenvalue weighted by molar-refractivity contribution is -0.262. The normalized spacial score (nSPS) is 48.8. The van der Waals surface area contributed by atoms with E-state index in [-0.39, 0.29) is 85.8 Å². The maximum atomic E-state index is 9.90. The molecule has 0 aromatic heterocycles. The Bertz CT molecular complexity index is 1220. The van der Waals surface area contributed by atoms with Crippen molar-refractivity contribution in [1.82, 2.24) is 0 Å². The molecule has 0 aromatic rings. The van der Waals surface area contributed by atoms with Gasteiger partial charge in [0, 0.05) is 31.8 Å². The molecule has 8 heteroatoms. The standard InChI is InChI=1S/C42H66O8/c1-9-11-33-28(8)38-40-41(47-33)39-37(48-40)22-42(49-38,50-39)16-14-30-20-25(5)32(44-30)13-12-29-19-24(4)26(6)35(45-29)21-36-31(15-17-43)27(7)34(46-36)18-23(3)10-2/h9,23-24,27-41,43H,1,5-6,10-22H2,2-4,7-8H3/t23-,24-,27-,28?,29+,30+,31-,32?,33+,34-,35-,36?,37-,38+,39+,40+,41+,42-/m1/s1. The van der Waals surface area contributed by atoms with Crippen LogP contribution in [0.2, 0.25) is 0 Å². The van der Waals surface area contributed by atoms with Crippen LogP contribution >= 0.6 is 0 Å². The predicted molar refractivity (Wildman–Crippen MR) is 193 cm³/mol. The largest absolute Gasteiger partial charge is 0.396 e. The Balaban J connectivity index is 0.911. The van der Waals surface area contributed by atoms with Crippen LogP contribution < -0.4 is 0 Å². The SMILES string of the molecule is C=CC[C@@H]1O[C@H]2[C@H]3O[C@]4(CC[C@H]5CC(=C)C(CC[C@H]6C[C@@H](C)C(=C)[C@@H](CC7O[C@H](C[C@H](C)CC)[C@H](C)[C@H]7CCO)O6)O5)C[C@H]3O[C@H]2[C@@H](O4)C1C. The summed E-state index contributed by atoms with van der Waals surface area (Å²) >= 11 is 0. The molecule has 0 aromatic carbocycles. The fraction of sp³-hybridized carbons (Fsp3) is 0.857. The zero-order valence-electron chi connectivity index (χ0n) is 31.5. The molecule has 0 radical (unpaired) electrons. The van der Waals surface area contributed by atoms with Gasteiger partial charge < -0.3 is 38.3 Å². The van der Waals surface area contributed by atoms with Crippen molar-refractivity contribution in [2.75, 3.05) is 6.61 Å². The van der Waals surface area contributed by atoms with E-state index in [4.69, 9.17) is 33.2 Å². The van der Waals surface area contributed by atoms with Gasteiger partial charge >= 0.3 is 0 Å². The Morgan fingerprint density at radius 1 is 0.840 bits per heavy atom. The van der Waals surface area contributed by atoms with Gasteiger partial charge in [0.2, 0.25) is 0 Å². The molecule has 8 nitrogen and oxygen atoms in total. The van der Waals surface area contributed by atoms with Crippen molar-refractivity contribution in [3.8, 4) is 0 Å². The quantitative estimate of drug-likeness (QED) is 0.177. The van der Waals surface area contributed by atoms with Crippen molar-refractivity contribution >= 4 is 0 Å². The van der Waals surface area contributed by atoms with E-state index in [2.05, 4.69) is 54.4 Å². The van der Waals surface area contributed by atoms with Crippen LogP contribution in [0.15, 0.2) is 37.0 Å². The first-order valence-electron chi connectivity index (χ1n) is 20.2. The van der Waals surface area contributed by atoms with Gasteiger partial charge in [-0.05, 0) is 86.2 Å². The summed E-state index contributed by atoms with van der Waals surface area (Å²) in [6.07, 6.45) is 13.3. The van der Waals surface area contributed by atoms with E-state index in [0.29, 0.717) is 23.7 Å². The van der Waals surface area contributed by atoms with Crippen LogP contribution in [0.4, 0.5) is 0 Å². The smallest absolute Gasteiger partial charge is 0.172 e. The molecular formula is C42H66O8. The molecule has 8 saturated heterocycles. The number of hydrogen-bond donors (Lipinski definition) is 1. The predicted octanol–water partition coefficient (Wildman–Crippen LogP) is 7.47. The van der Waals surface area contributed by atoms with Gasteiger partial charge in [0.05, 0.1) is 54.9 Å². The minimum Gasteiger partial charge on any atom is -0.396 e. The summed E-state index contributed by atoms with van der Waals surface area (Å²) in [6, 6.07) is 0. The molecule has 0 aliphatic carbocycles. The molecule has 3 unspecified atom stereocenters. The van der Waals surface area contributed by atoms with Crippen LogP contribution in [0.1, 0.15) is 112 Å². The van der Waals surface area contributed by atoms with Crippen LogP contribution in [-0.2, 0) is 33.2 Å². The highest BCUT2D eigenvalue weighted by molar-refractivity contribution is 5.14. The number of ether oxygens (including phenoxy) is 7. The van der Waals surface area contributed by atoms with Crippen molar-refractivity contribution in [2.24, 2.45) is 29.6 Å². The summed E-state index contributed by atoms with van der Waals surface area (Å²) in [5, 5.41) is 9.90. The minimum atomic E-state index is -0.637. The first-order chi connectivity index (χ1) is 24.0. The first kappa shape index (κ1) is 37.2. The third kappa shape index (κ3) is 7.23. The number of aliphatic hydroxyl groups is 1. The van der Waals surface area contributed by atoms with Crippen molar-refractivity contribution in [3.63, 3.8) is 0 Å². The topological polar surface area (TPSA) is 84.8 Å². The van der Waals surface area contributed by atoms with Gasteiger partial charge in [-0.3, -0.25) is 0 Å². The van der Waals surface area contributed by atoms with Crippen LogP contribution in [-0.4, -0.2) is 90.7 Å².